The third kappa shape index (κ3) is 2.51. The first-order valence-electron chi connectivity index (χ1n) is 7.58. The van der Waals surface area contributed by atoms with Crippen molar-refractivity contribution in [2.45, 2.75) is 51.5 Å². The summed E-state index contributed by atoms with van der Waals surface area (Å²) in [6.45, 7) is 5.52. The van der Waals surface area contributed by atoms with Crippen molar-refractivity contribution in [3.63, 3.8) is 0 Å². The van der Waals surface area contributed by atoms with Crippen LogP contribution in [-0.2, 0) is 0 Å². The van der Waals surface area contributed by atoms with Crippen LogP contribution in [-0.4, -0.2) is 19.7 Å². The first-order chi connectivity index (χ1) is 9.20. The van der Waals surface area contributed by atoms with E-state index in [4.69, 9.17) is 4.74 Å². The van der Waals surface area contributed by atoms with Gasteiger partial charge in [-0.3, -0.25) is 0 Å². The van der Waals surface area contributed by atoms with Gasteiger partial charge in [0.2, 0.25) is 0 Å². The monoisotopic (exact) mass is 259 g/mol. The van der Waals surface area contributed by atoms with Crippen molar-refractivity contribution >= 4 is 0 Å². The summed E-state index contributed by atoms with van der Waals surface area (Å²) in [5, 5.41) is 3.68. The average molecular weight is 259 g/mol. The van der Waals surface area contributed by atoms with Crippen molar-refractivity contribution in [1.29, 1.82) is 0 Å². The number of benzene rings is 1. The highest BCUT2D eigenvalue weighted by Gasteiger charge is 2.35. The minimum absolute atomic E-state index is 0.695. The van der Waals surface area contributed by atoms with E-state index < -0.39 is 0 Å². The Morgan fingerprint density at radius 2 is 1.95 bits per heavy atom. The molecule has 0 bridgehead atoms. The number of hydrogen-bond acceptors (Lipinski definition) is 2. The van der Waals surface area contributed by atoms with Gasteiger partial charge < -0.3 is 10.1 Å². The molecule has 2 nitrogen and oxygen atoms in total. The molecule has 0 spiro atoms. The average Bonchev–Trinajstić information content (AvgIpc) is 3.17. The summed E-state index contributed by atoms with van der Waals surface area (Å²) < 4.78 is 5.68. The Bertz CT molecular complexity index is 465. The molecule has 2 aliphatic carbocycles. The van der Waals surface area contributed by atoms with Crippen LogP contribution in [0, 0.1) is 19.8 Å². The molecule has 1 aromatic rings. The quantitative estimate of drug-likeness (QED) is 0.873. The Morgan fingerprint density at radius 1 is 1.16 bits per heavy atom. The van der Waals surface area contributed by atoms with E-state index >= 15 is 0 Å². The Balaban J connectivity index is 1.75. The second-order valence-electron chi connectivity index (χ2n) is 6.26. The van der Waals surface area contributed by atoms with Crippen LogP contribution in [0.15, 0.2) is 12.1 Å². The van der Waals surface area contributed by atoms with Crippen molar-refractivity contribution in [2.24, 2.45) is 5.92 Å². The van der Waals surface area contributed by atoms with Gasteiger partial charge in [-0.05, 0) is 74.6 Å². The van der Waals surface area contributed by atoms with Gasteiger partial charge in [-0.1, -0.05) is 12.1 Å². The van der Waals surface area contributed by atoms with Gasteiger partial charge in [0.25, 0.3) is 0 Å². The molecule has 0 amide bonds. The second kappa shape index (κ2) is 5.16. The first-order valence-corrected chi connectivity index (χ1v) is 7.58. The van der Waals surface area contributed by atoms with Crippen LogP contribution in [0.2, 0.25) is 0 Å². The fourth-order valence-corrected chi connectivity index (χ4v) is 3.20. The topological polar surface area (TPSA) is 21.3 Å². The Kier molecular flexibility index (Phi) is 3.53. The van der Waals surface area contributed by atoms with Crippen LogP contribution in [0.3, 0.4) is 0 Å². The van der Waals surface area contributed by atoms with Crippen molar-refractivity contribution in [1.82, 2.24) is 5.32 Å². The van der Waals surface area contributed by atoms with Crippen molar-refractivity contribution in [2.75, 3.05) is 13.7 Å². The number of hydrogen-bond donors (Lipinski definition) is 1. The Labute approximate surface area is 116 Å². The van der Waals surface area contributed by atoms with Gasteiger partial charge in [-0.15, -0.1) is 0 Å². The lowest BCUT2D eigenvalue weighted by atomic mass is 9.69. The molecule has 2 unspecified atom stereocenters. The minimum atomic E-state index is 0.695. The molecule has 19 heavy (non-hydrogen) atoms. The highest BCUT2D eigenvalue weighted by Crippen LogP contribution is 2.46. The van der Waals surface area contributed by atoms with Gasteiger partial charge in [-0.25, -0.2) is 0 Å². The smallest absolute Gasteiger partial charge is 0.125 e. The number of methoxy groups -OCH3 is 1. The molecule has 0 radical (unpaired) electrons. The van der Waals surface area contributed by atoms with E-state index in [1.54, 1.807) is 7.11 Å². The maximum absolute atomic E-state index is 5.68. The molecule has 2 fully saturated rings. The summed E-state index contributed by atoms with van der Waals surface area (Å²) in [7, 11) is 1.81. The maximum atomic E-state index is 5.68. The predicted octanol–water partition coefficient (Wildman–Crippen LogP) is 3.56. The van der Waals surface area contributed by atoms with E-state index in [9.17, 15) is 0 Å². The van der Waals surface area contributed by atoms with Gasteiger partial charge in [0.15, 0.2) is 0 Å². The zero-order chi connectivity index (χ0) is 13.4. The number of rotatable bonds is 5. The molecular weight excluding hydrogens is 234 g/mol. The van der Waals surface area contributed by atoms with Crippen LogP contribution in [0.1, 0.15) is 48.3 Å². The highest BCUT2D eigenvalue weighted by molar-refractivity contribution is 5.47. The molecule has 2 heteroatoms. The van der Waals surface area contributed by atoms with Gasteiger partial charge in [0, 0.05) is 6.04 Å². The lowest BCUT2D eigenvalue weighted by Gasteiger charge is -2.38. The van der Waals surface area contributed by atoms with Gasteiger partial charge in [0.05, 0.1) is 7.11 Å². The van der Waals surface area contributed by atoms with Crippen molar-refractivity contribution in [3.05, 3.63) is 28.8 Å². The van der Waals surface area contributed by atoms with E-state index in [1.807, 2.05) is 0 Å². The third-order valence-electron chi connectivity index (χ3n) is 4.97. The zero-order valence-corrected chi connectivity index (χ0v) is 12.3. The molecule has 2 aliphatic rings. The van der Waals surface area contributed by atoms with Gasteiger partial charge in [-0.2, -0.15) is 0 Å². The van der Waals surface area contributed by atoms with Crippen LogP contribution in [0.25, 0.3) is 0 Å². The number of ether oxygens (including phenoxy) is 1. The summed E-state index contributed by atoms with van der Waals surface area (Å²) in [5.41, 5.74) is 4.06. The maximum Gasteiger partial charge on any atom is 0.125 e. The lowest BCUT2D eigenvalue weighted by molar-refractivity contribution is 0.239. The fourth-order valence-electron chi connectivity index (χ4n) is 3.20. The van der Waals surface area contributed by atoms with Crippen LogP contribution in [0.5, 0.6) is 5.75 Å². The van der Waals surface area contributed by atoms with Gasteiger partial charge in [0.1, 0.15) is 5.75 Å². The molecule has 1 aromatic carbocycles. The predicted molar refractivity (Wildman–Crippen MR) is 79.0 cm³/mol. The summed E-state index contributed by atoms with van der Waals surface area (Å²) >= 11 is 0. The largest absolute Gasteiger partial charge is 0.496 e. The Hall–Kier alpha value is -1.02. The van der Waals surface area contributed by atoms with E-state index in [-0.39, 0.29) is 0 Å². The SMILES string of the molecule is COc1c(C2CCC2CNC2CC2)ccc(C)c1C. The van der Waals surface area contributed by atoms with Gasteiger partial charge >= 0.3 is 0 Å². The third-order valence-corrected chi connectivity index (χ3v) is 4.97. The molecule has 0 aliphatic heterocycles. The second-order valence-corrected chi connectivity index (χ2v) is 6.26. The molecule has 104 valence electrons. The van der Waals surface area contributed by atoms with E-state index in [0.29, 0.717) is 5.92 Å². The molecule has 2 atom stereocenters. The summed E-state index contributed by atoms with van der Waals surface area (Å²) in [5.74, 6) is 2.62. The lowest BCUT2D eigenvalue weighted by Crippen LogP contribution is -2.35. The van der Waals surface area contributed by atoms with E-state index in [1.165, 1.54) is 48.9 Å². The first kappa shape index (κ1) is 13.0. The fraction of sp³-hybridized carbons (Fsp3) is 0.647. The summed E-state index contributed by atoms with van der Waals surface area (Å²) in [6.07, 6.45) is 5.44. The number of aryl methyl sites for hydroxylation is 1. The van der Waals surface area contributed by atoms with Crippen LogP contribution in [0.4, 0.5) is 0 Å². The summed E-state index contributed by atoms with van der Waals surface area (Å²) in [6, 6.07) is 5.36. The van der Waals surface area contributed by atoms with Crippen molar-refractivity contribution in [3.8, 4) is 5.75 Å². The molecular formula is C17H25NO. The van der Waals surface area contributed by atoms with Crippen molar-refractivity contribution < 1.29 is 4.74 Å². The number of nitrogens with one attached hydrogen (secondary N) is 1. The molecule has 2 saturated carbocycles. The molecule has 0 aromatic heterocycles. The summed E-state index contributed by atoms with van der Waals surface area (Å²) in [4.78, 5) is 0. The van der Waals surface area contributed by atoms with E-state index in [2.05, 4.69) is 31.3 Å². The van der Waals surface area contributed by atoms with E-state index in [0.717, 1.165) is 17.7 Å². The highest BCUT2D eigenvalue weighted by atomic mass is 16.5. The Morgan fingerprint density at radius 3 is 2.53 bits per heavy atom. The standard InChI is InChI=1S/C17H25NO/c1-11-4-8-16(17(19-3)12(11)2)15-9-5-13(15)10-18-14-6-7-14/h4,8,13-15,18H,5-7,9-10H2,1-3H3. The van der Waals surface area contributed by atoms with Crippen LogP contribution >= 0.6 is 0 Å². The van der Waals surface area contributed by atoms with Crippen LogP contribution < -0.4 is 10.1 Å². The molecule has 3 rings (SSSR count). The normalized spacial score (nSPS) is 26.1. The molecule has 1 N–H and O–H groups in total. The zero-order valence-electron chi connectivity index (χ0n) is 12.3. The molecule has 0 saturated heterocycles. The molecule has 0 heterocycles. The minimum Gasteiger partial charge on any atom is -0.496 e.